The number of rotatable bonds is 5. The fourth-order valence-electron chi connectivity index (χ4n) is 0.597. The van der Waals surface area contributed by atoms with Gasteiger partial charge in [-0.2, -0.15) is 0 Å². The third-order valence-electron chi connectivity index (χ3n) is 1.30. The Kier molecular flexibility index (Phi) is 6.36. The van der Waals surface area contributed by atoms with E-state index in [0.717, 1.165) is 0 Å². The van der Waals surface area contributed by atoms with Gasteiger partial charge in [-0.05, 0) is 10.9 Å². The van der Waals surface area contributed by atoms with Crippen molar-refractivity contribution in [3.05, 3.63) is 0 Å². The van der Waals surface area contributed by atoms with Crippen LogP contribution in [0.15, 0.2) is 0 Å². The molecule has 4 nitrogen and oxygen atoms in total. The van der Waals surface area contributed by atoms with Crippen LogP contribution in [0.1, 0.15) is 13.8 Å². The van der Waals surface area contributed by atoms with E-state index in [1.54, 1.807) is 13.8 Å². The molecule has 82 valence electrons. The average molecular weight is 221 g/mol. The summed E-state index contributed by atoms with van der Waals surface area (Å²) in [4.78, 5) is 21.9. The van der Waals surface area contributed by atoms with Gasteiger partial charge in [0.05, 0.1) is 18.4 Å². The van der Waals surface area contributed by atoms with E-state index in [-0.39, 0.29) is 35.5 Å². The van der Waals surface area contributed by atoms with Crippen LogP contribution in [0.25, 0.3) is 0 Å². The number of carbonyl (C=O) groups is 2. The van der Waals surface area contributed by atoms with E-state index in [9.17, 15) is 9.59 Å². The smallest absolute Gasteiger partial charge is 0.359 e. The van der Waals surface area contributed by atoms with Crippen LogP contribution in [0.2, 0.25) is 0 Å². The molecular weight excluding hydrogens is 204 g/mol. The molecule has 0 aliphatic carbocycles. The molecule has 0 fully saturated rings. The lowest BCUT2D eigenvalue weighted by Crippen LogP contribution is -2.20. The molecule has 0 aliphatic rings. The van der Waals surface area contributed by atoms with E-state index in [4.69, 9.17) is 4.74 Å². The molecule has 0 aliphatic heterocycles. The highest BCUT2D eigenvalue weighted by molar-refractivity contribution is 7.96. The van der Waals surface area contributed by atoms with Crippen molar-refractivity contribution in [3.8, 4) is 0 Å². The molecule has 0 rings (SSSR count). The first-order valence-electron chi connectivity index (χ1n) is 4.30. The van der Waals surface area contributed by atoms with Gasteiger partial charge in [-0.25, -0.2) is 4.79 Å². The Morgan fingerprint density at radius 3 is 2.21 bits per heavy atom. The standard InChI is InChI=1S/C9H17O4S/c1-7(2)9(11)13-6-12-8(10)5-14(3)4/h7H,5-6H2,1-4H3/q+1. The molecule has 0 saturated carbocycles. The summed E-state index contributed by atoms with van der Waals surface area (Å²) in [6, 6.07) is 0. The first kappa shape index (κ1) is 13.3. The van der Waals surface area contributed by atoms with E-state index in [1.165, 1.54) is 0 Å². The quantitative estimate of drug-likeness (QED) is 0.387. The summed E-state index contributed by atoms with van der Waals surface area (Å²) >= 11 is 0. The van der Waals surface area contributed by atoms with Gasteiger partial charge in [0.2, 0.25) is 12.5 Å². The molecule has 0 unspecified atom stereocenters. The first-order chi connectivity index (χ1) is 6.43. The Bertz CT molecular complexity index is 201. The normalized spacial score (nSPS) is 10.4. The average Bonchev–Trinajstić information content (AvgIpc) is 2.02. The van der Waals surface area contributed by atoms with Gasteiger partial charge >= 0.3 is 11.9 Å². The van der Waals surface area contributed by atoms with E-state index < -0.39 is 0 Å². The second-order valence-electron chi connectivity index (χ2n) is 3.38. The first-order valence-corrected chi connectivity index (χ1v) is 6.51. The monoisotopic (exact) mass is 221 g/mol. The van der Waals surface area contributed by atoms with Crippen LogP contribution in [0, 0.1) is 5.92 Å². The molecule has 0 bridgehead atoms. The SMILES string of the molecule is CC(C)C(=O)OCOC(=O)C[S+](C)C. The molecule has 0 heterocycles. The molecule has 0 atom stereocenters. The maximum absolute atomic E-state index is 11.0. The predicted octanol–water partition coefficient (Wildman–Crippen LogP) is 0.564. The summed E-state index contributed by atoms with van der Waals surface area (Å²) in [5, 5.41) is 0. The van der Waals surface area contributed by atoms with Crippen LogP contribution in [0.4, 0.5) is 0 Å². The molecular formula is C9H17O4S+. The molecule has 0 aromatic rings. The fourth-order valence-corrected chi connectivity index (χ4v) is 1.15. The summed E-state index contributed by atoms with van der Waals surface area (Å²) in [6.45, 7) is 3.17. The number of ether oxygens (including phenoxy) is 2. The van der Waals surface area contributed by atoms with Crippen molar-refractivity contribution in [3.63, 3.8) is 0 Å². The molecule has 0 N–H and O–H groups in total. The lowest BCUT2D eigenvalue weighted by molar-refractivity contribution is -0.167. The van der Waals surface area contributed by atoms with Gasteiger partial charge in [-0.15, -0.1) is 0 Å². The van der Waals surface area contributed by atoms with Crippen LogP contribution in [-0.4, -0.2) is 37.0 Å². The Labute approximate surface area is 87.3 Å². The van der Waals surface area contributed by atoms with Crippen molar-refractivity contribution in [1.29, 1.82) is 0 Å². The molecule has 0 aromatic carbocycles. The van der Waals surface area contributed by atoms with E-state index >= 15 is 0 Å². The Morgan fingerprint density at radius 2 is 1.79 bits per heavy atom. The second-order valence-corrected chi connectivity index (χ2v) is 5.64. The van der Waals surface area contributed by atoms with Gasteiger partial charge in [0.15, 0.2) is 0 Å². The molecule has 0 spiro atoms. The highest BCUT2D eigenvalue weighted by atomic mass is 32.2. The topological polar surface area (TPSA) is 52.6 Å². The number of hydrogen-bond acceptors (Lipinski definition) is 4. The largest absolute Gasteiger partial charge is 0.428 e. The van der Waals surface area contributed by atoms with Gasteiger partial charge in [-0.1, -0.05) is 13.8 Å². The minimum Gasteiger partial charge on any atom is -0.428 e. The van der Waals surface area contributed by atoms with E-state index in [2.05, 4.69) is 4.74 Å². The zero-order valence-corrected chi connectivity index (χ0v) is 9.85. The molecule has 0 aromatic heterocycles. The van der Waals surface area contributed by atoms with Crippen molar-refractivity contribution in [1.82, 2.24) is 0 Å². The molecule has 0 saturated heterocycles. The lowest BCUT2D eigenvalue weighted by atomic mass is 10.2. The zero-order valence-electron chi connectivity index (χ0n) is 9.03. The zero-order chi connectivity index (χ0) is 11.1. The van der Waals surface area contributed by atoms with E-state index in [1.807, 2.05) is 12.5 Å². The number of carbonyl (C=O) groups excluding carboxylic acids is 2. The molecule has 0 amide bonds. The fraction of sp³-hybridized carbons (Fsp3) is 0.778. The van der Waals surface area contributed by atoms with Crippen LogP contribution < -0.4 is 0 Å². The molecule has 0 radical (unpaired) electrons. The summed E-state index contributed by atoms with van der Waals surface area (Å²) in [7, 11) is 0.0164. The summed E-state index contributed by atoms with van der Waals surface area (Å²) < 4.78 is 9.38. The van der Waals surface area contributed by atoms with Crippen molar-refractivity contribution in [2.75, 3.05) is 25.1 Å². The second kappa shape index (κ2) is 6.70. The van der Waals surface area contributed by atoms with Gasteiger partial charge in [0.1, 0.15) is 0 Å². The highest BCUT2D eigenvalue weighted by Crippen LogP contribution is 1.96. The summed E-state index contributed by atoms with van der Waals surface area (Å²) in [6.07, 6.45) is 3.89. The Balaban J connectivity index is 3.54. The predicted molar refractivity (Wildman–Crippen MR) is 56.0 cm³/mol. The van der Waals surface area contributed by atoms with Gasteiger partial charge in [-0.3, -0.25) is 4.79 Å². The van der Waals surface area contributed by atoms with Gasteiger partial charge in [0, 0.05) is 0 Å². The maximum atomic E-state index is 11.0. The molecule has 14 heavy (non-hydrogen) atoms. The van der Waals surface area contributed by atoms with Crippen molar-refractivity contribution in [2.45, 2.75) is 13.8 Å². The minimum atomic E-state index is -0.357. The van der Waals surface area contributed by atoms with Crippen molar-refractivity contribution >= 4 is 22.8 Å². The van der Waals surface area contributed by atoms with Crippen molar-refractivity contribution < 1.29 is 19.1 Å². The van der Waals surface area contributed by atoms with Gasteiger partial charge in [0.25, 0.3) is 0 Å². The van der Waals surface area contributed by atoms with Crippen LogP contribution in [0.5, 0.6) is 0 Å². The van der Waals surface area contributed by atoms with Crippen LogP contribution >= 0.6 is 0 Å². The minimum absolute atomic E-state index is 0.0164. The molecule has 5 heteroatoms. The maximum Gasteiger partial charge on any atom is 0.359 e. The van der Waals surface area contributed by atoms with Gasteiger partial charge < -0.3 is 9.47 Å². The number of hydrogen-bond donors (Lipinski definition) is 0. The third-order valence-corrected chi connectivity index (χ3v) is 2.11. The Morgan fingerprint density at radius 1 is 1.21 bits per heavy atom. The van der Waals surface area contributed by atoms with Crippen molar-refractivity contribution in [2.24, 2.45) is 5.92 Å². The Hall–Kier alpha value is -0.710. The lowest BCUT2D eigenvalue weighted by Gasteiger charge is -2.06. The summed E-state index contributed by atoms with van der Waals surface area (Å²) in [5.74, 6) is -0.500. The van der Waals surface area contributed by atoms with Crippen LogP contribution in [0.3, 0.4) is 0 Å². The third kappa shape index (κ3) is 6.77. The van der Waals surface area contributed by atoms with Crippen LogP contribution in [-0.2, 0) is 30.0 Å². The number of esters is 2. The summed E-state index contributed by atoms with van der Waals surface area (Å²) in [5.41, 5.74) is 0. The highest BCUT2D eigenvalue weighted by Gasteiger charge is 2.14. The van der Waals surface area contributed by atoms with E-state index in [0.29, 0.717) is 5.75 Å².